The van der Waals surface area contributed by atoms with E-state index in [2.05, 4.69) is 30.6 Å². The first-order chi connectivity index (χ1) is 10.7. The van der Waals surface area contributed by atoms with E-state index in [0.717, 1.165) is 30.7 Å². The first-order valence-electron chi connectivity index (χ1n) is 7.87. The summed E-state index contributed by atoms with van der Waals surface area (Å²) in [6.07, 6.45) is 4.29. The number of morpholine rings is 1. The number of benzene rings is 1. The number of unbranched alkanes of at least 4 members (excludes halogenated alkanes) is 1. The second kappa shape index (κ2) is 8.44. The highest BCUT2D eigenvalue weighted by Crippen LogP contribution is 2.29. The first kappa shape index (κ1) is 17.2. The molecule has 1 aliphatic heterocycles. The van der Waals surface area contributed by atoms with Crippen LogP contribution in [0.15, 0.2) is 30.3 Å². The molecule has 122 valence electrons. The number of ether oxygens (including phenoxy) is 1. The van der Waals surface area contributed by atoms with E-state index in [-0.39, 0.29) is 6.03 Å². The van der Waals surface area contributed by atoms with Crippen molar-refractivity contribution in [2.45, 2.75) is 25.4 Å². The van der Waals surface area contributed by atoms with Gasteiger partial charge in [0.25, 0.3) is 0 Å². The maximum atomic E-state index is 12.3. The minimum Gasteiger partial charge on any atom is -0.367 e. The maximum Gasteiger partial charge on any atom is 0.317 e. The van der Waals surface area contributed by atoms with Crippen molar-refractivity contribution < 1.29 is 9.53 Å². The Balaban J connectivity index is 1.86. The van der Waals surface area contributed by atoms with E-state index in [4.69, 9.17) is 4.74 Å². The molecule has 0 unspecified atom stereocenters. The third-order valence-corrected chi connectivity index (χ3v) is 4.69. The van der Waals surface area contributed by atoms with Crippen molar-refractivity contribution in [3.8, 4) is 0 Å². The van der Waals surface area contributed by atoms with Gasteiger partial charge in [0.1, 0.15) is 5.60 Å². The molecule has 0 bridgehead atoms. The van der Waals surface area contributed by atoms with Crippen LogP contribution in [0.3, 0.4) is 0 Å². The molecule has 0 saturated carbocycles. The molecule has 1 aromatic rings. The van der Waals surface area contributed by atoms with Crippen LogP contribution in [0, 0.1) is 0 Å². The second-order valence-electron chi connectivity index (χ2n) is 5.80. The standard InChI is InChI=1S/C17H26N2O2S/c1-17(15-8-4-3-5-9-15)14-19(11-12-21-17)16(20)18-10-6-7-13-22-2/h3-5,8-9H,6-7,10-14H2,1-2H3,(H,18,20)/t17-/m1/s1. The van der Waals surface area contributed by atoms with Crippen molar-refractivity contribution in [1.29, 1.82) is 0 Å². The van der Waals surface area contributed by atoms with Crippen LogP contribution >= 0.6 is 11.8 Å². The van der Waals surface area contributed by atoms with Crippen molar-refractivity contribution in [3.05, 3.63) is 35.9 Å². The first-order valence-corrected chi connectivity index (χ1v) is 9.26. The van der Waals surface area contributed by atoms with Crippen LogP contribution in [0.5, 0.6) is 0 Å². The Hall–Kier alpha value is -1.20. The van der Waals surface area contributed by atoms with Crippen molar-refractivity contribution in [3.63, 3.8) is 0 Å². The fraction of sp³-hybridized carbons (Fsp3) is 0.588. The SMILES string of the molecule is CSCCCCNC(=O)N1CCO[C@@](C)(c2ccccc2)C1. The number of urea groups is 1. The van der Waals surface area contributed by atoms with Gasteiger partial charge < -0.3 is 15.0 Å². The van der Waals surface area contributed by atoms with Crippen LogP contribution in [-0.2, 0) is 10.3 Å². The molecule has 0 aliphatic carbocycles. The molecule has 1 heterocycles. The van der Waals surface area contributed by atoms with E-state index in [0.29, 0.717) is 19.7 Å². The lowest BCUT2D eigenvalue weighted by Crippen LogP contribution is -2.53. The second-order valence-corrected chi connectivity index (χ2v) is 6.78. The fourth-order valence-corrected chi connectivity index (χ4v) is 3.18. The van der Waals surface area contributed by atoms with E-state index >= 15 is 0 Å². The lowest BCUT2D eigenvalue weighted by molar-refractivity contribution is -0.0906. The molecule has 1 aromatic carbocycles. The summed E-state index contributed by atoms with van der Waals surface area (Å²) in [5.41, 5.74) is 0.697. The normalized spacial score (nSPS) is 21.6. The Kier molecular flexibility index (Phi) is 6.58. The van der Waals surface area contributed by atoms with Gasteiger partial charge in [0, 0.05) is 13.1 Å². The summed E-state index contributed by atoms with van der Waals surface area (Å²) in [5, 5.41) is 3.02. The zero-order chi connectivity index (χ0) is 15.8. The lowest BCUT2D eigenvalue weighted by atomic mass is 9.94. The number of rotatable bonds is 6. The van der Waals surface area contributed by atoms with Crippen molar-refractivity contribution >= 4 is 17.8 Å². The van der Waals surface area contributed by atoms with Gasteiger partial charge in [-0.05, 0) is 37.3 Å². The molecule has 1 atom stereocenters. The molecule has 0 spiro atoms. The molecule has 1 aliphatic rings. The molecule has 0 aromatic heterocycles. The predicted molar refractivity (Wildman–Crippen MR) is 92.3 cm³/mol. The summed E-state index contributed by atoms with van der Waals surface area (Å²) in [5.74, 6) is 1.15. The zero-order valence-electron chi connectivity index (χ0n) is 13.5. The average molecular weight is 322 g/mol. The average Bonchev–Trinajstić information content (AvgIpc) is 2.55. The van der Waals surface area contributed by atoms with Crippen LogP contribution in [0.25, 0.3) is 0 Å². The Morgan fingerprint density at radius 1 is 1.36 bits per heavy atom. The highest BCUT2D eigenvalue weighted by Gasteiger charge is 2.35. The van der Waals surface area contributed by atoms with Crippen molar-refractivity contribution in [2.24, 2.45) is 0 Å². The fourth-order valence-electron chi connectivity index (χ4n) is 2.69. The molecule has 2 rings (SSSR count). The molecule has 5 heteroatoms. The molecule has 1 N–H and O–H groups in total. The number of amides is 2. The Morgan fingerprint density at radius 3 is 2.86 bits per heavy atom. The van der Waals surface area contributed by atoms with Gasteiger partial charge in [-0.3, -0.25) is 0 Å². The summed E-state index contributed by atoms with van der Waals surface area (Å²) in [6, 6.07) is 10.2. The van der Waals surface area contributed by atoms with E-state index in [1.165, 1.54) is 0 Å². The van der Waals surface area contributed by atoms with Crippen molar-refractivity contribution in [2.75, 3.05) is 38.2 Å². The van der Waals surface area contributed by atoms with Crippen LogP contribution < -0.4 is 5.32 Å². The third-order valence-electron chi connectivity index (χ3n) is 4.00. The molecule has 22 heavy (non-hydrogen) atoms. The highest BCUT2D eigenvalue weighted by atomic mass is 32.2. The molecular formula is C17H26N2O2S. The number of hydrogen-bond acceptors (Lipinski definition) is 3. The largest absolute Gasteiger partial charge is 0.367 e. The van der Waals surface area contributed by atoms with Gasteiger partial charge in [-0.2, -0.15) is 11.8 Å². The quantitative estimate of drug-likeness (QED) is 0.818. The Morgan fingerprint density at radius 2 is 2.14 bits per heavy atom. The van der Waals surface area contributed by atoms with E-state index < -0.39 is 5.60 Å². The van der Waals surface area contributed by atoms with Crippen LogP contribution in [0.1, 0.15) is 25.3 Å². The molecule has 2 amide bonds. The number of nitrogens with one attached hydrogen (secondary N) is 1. The zero-order valence-corrected chi connectivity index (χ0v) is 14.3. The van der Waals surface area contributed by atoms with E-state index in [9.17, 15) is 4.79 Å². The van der Waals surface area contributed by atoms with Gasteiger partial charge >= 0.3 is 6.03 Å². The number of carbonyl (C=O) groups excluding carboxylic acids is 1. The van der Waals surface area contributed by atoms with Gasteiger partial charge in [0.05, 0.1) is 13.2 Å². The molecule has 0 radical (unpaired) electrons. The highest BCUT2D eigenvalue weighted by molar-refractivity contribution is 7.98. The van der Waals surface area contributed by atoms with Gasteiger partial charge in [0.2, 0.25) is 0 Å². The molecule has 1 fully saturated rings. The van der Waals surface area contributed by atoms with Gasteiger partial charge in [0.15, 0.2) is 0 Å². The Labute approximate surface area is 137 Å². The van der Waals surface area contributed by atoms with Crippen LogP contribution in [0.4, 0.5) is 4.79 Å². The molecule has 1 saturated heterocycles. The van der Waals surface area contributed by atoms with Crippen LogP contribution in [0.2, 0.25) is 0 Å². The minimum absolute atomic E-state index is 0.0228. The summed E-state index contributed by atoms with van der Waals surface area (Å²) in [7, 11) is 0. The van der Waals surface area contributed by atoms with Gasteiger partial charge in [-0.25, -0.2) is 4.79 Å². The minimum atomic E-state index is -0.421. The van der Waals surface area contributed by atoms with E-state index in [1.807, 2.05) is 34.9 Å². The molecular weight excluding hydrogens is 296 g/mol. The number of carbonyl (C=O) groups is 1. The smallest absolute Gasteiger partial charge is 0.317 e. The third kappa shape index (κ3) is 4.65. The lowest BCUT2D eigenvalue weighted by Gasteiger charge is -2.40. The Bertz CT molecular complexity index is 469. The topological polar surface area (TPSA) is 41.6 Å². The maximum absolute atomic E-state index is 12.3. The monoisotopic (exact) mass is 322 g/mol. The number of thioether (sulfide) groups is 1. The van der Waals surface area contributed by atoms with Gasteiger partial charge in [-0.15, -0.1) is 0 Å². The summed E-state index contributed by atoms with van der Waals surface area (Å²) < 4.78 is 5.97. The predicted octanol–water partition coefficient (Wildman–Crippen LogP) is 3.09. The summed E-state index contributed by atoms with van der Waals surface area (Å²) in [6.45, 7) is 4.62. The molecule has 4 nitrogen and oxygen atoms in total. The van der Waals surface area contributed by atoms with Gasteiger partial charge in [-0.1, -0.05) is 30.3 Å². The van der Waals surface area contributed by atoms with E-state index in [1.54, 1.807) is 0 Å². The number of nitrogens with zero attached hydrogens (tertiary/aromatic N) is 1. The van der Waals surface area contributed by atoms with Crippen molar-refractivity contribution in [1.82, 2.24) is 10.2 Å². The summed E-state index contributed by atoms with van der Waals surface area (Å²) >= 11 is 1.85. The van der Waals surface area contributed by atoms with Crippen LogP contribution in [-0.4, -0.2) is 49.2 Å². The summed E-state index contributed by atoms with van der Waals surface area (Å²) in [4.78, 5) is 14.2. The number of hydrogen-bond donors (Lipinski definition) is 1.